The summed E-state index contributed by atoms with van der Waals surface area (Å²) in [5, 5.41) is 11.2. The van der Waals surface area contributed by atoms with Gasteiger partial charge < -0.3 is 4.42 Å². The number of benzene rings is 2. The number of thioether (sulfide) groups is 2. The molecule has 0 saturated heterocycles. The molecule has 0 atom stereocenters. The number of carbonyl (C=O) groups is 1. The Bertz CT molecular complexity index is 867. The number of halogens is 1. The summed E-state index contributed by atoms with van der Waals surface area (Å²) in [7, 11) is 0. The highest BCUT2D eigenvalue weighted by atomic mass is 35.5. The Morgan fingerprint density at radius 1 is 1.08 bits per heavy atom. The number of hydrogen-bond donors (Lipinski definition) is 1. The summed E-state index contributed by atoms with van der Waals surface area (Å²) in [6, 6.07) is 15.4. The third kappa shape index (κ3) is 5.27. The number of anilines is 1. The standard InChI is InChI=1S/C18H16ClN3O2S2/c1-25-14-6-2-12(3-7-14)17-21-22-18(24-17)20-16(23)10-11-26-15-8-4-13(19)5-9-15/h2-9H,10-11H2,1H3,(H,20,22,23). The van der Waals surface area contributed by atoms with Gasteiger partial charge in [0, 0.05) is 32.6 Å². The van der Waals surface area contributed by atoms with E-state index in [1.54, 1.807) is 23.5 Å². The van der Waals surface area contributed by atoms with Crippen molar-refractivity contribution >= 4 is 47.0 Å². The fraction of sp³-hybridized carbons (Fsp3) is 0.167. The second-order valence-electron chi connectivity index (χ2n) is 5.24. The van der Waals surface area contributed by atoms with Crippen LogP contribution in [0.25, 0.3) is 11.5 Å². The lowest BCUT2D eigenvalue weighted by Crippen LogP contribution is -2.12. The molecule has 0 aliphatic rings. The molecule has 3 rings (SSSR count). The molecule has 134 valence electrons. The summed E-state index contributed by atoms with van der Waals surface area (Å²) in [6.07, 6.45) is 2.36. The zero-order chi connectivity index (χ0) is 18.4. The highest BCUT2D eigenvalue weighted by Gasteiger charge is 2.11. The molecule has 2 aromatic carbocycles. The lowest BCUT2D eigenvalue weighted by atomic mass is 10.2. The van der Waals surface area contributed by atoms with Crippen molar-refractivity contribution in [1.82, 2.24) is 10.2 Å². The van der Waals surface area contributed by atoms with Crippen molar-refractivity contribution < 1.29 is 9.21 Å². The average molecular weight is 406 g/mol. The van der Waals surface area contributed by atoms with Crippen molar-refractivity contribution in [2.45, 2.75) is 16.2 Å². The number of amides is 1. The maximum Gasteiger partial charge on any atom is 0.322 e. The van der Waals surface area contributed by atoms with Gasteiger partial charge in [-0.25, -0.2) is 0 Å². The Morgan fingerprint density at radius 3 is 2.46 bits per heavy atom. The van der Waals surface area contributed by atoms with Crippen LogP contribution in [-0.4, -0.2) is 28.1 Å². The maximum absolute atomic E-state index is 12.0. The van der Waals surface area contributed by atoms with Gasteiger partial charge in [0.25, 0.3) is 0 Å². The minimum absolute atomic E-state index is 0.107. The van der Waals surface area contributed by atoms with E-state index in [0.29, 0.717) is 23.1 Å². The van der Waals surface area contributed by atoms with Crippen LogP contribution in [0, 0.1) is 0 Å². The molecule has 1 N–H and O–H groups in total. The quantitative estimate of drug-likeness (QED) is 0.542. The molecule has 0 aliphatic carbocycles. The first-order valence-electron chi connectivity index (χ1n) is 7.80. The maximum atomic E-state index is 12.0. The van der Waals surface area contributed by atoms with Crippen LogP contribution in [0.4, 0.5) is 6.01 Å². The number of hydrogen-bond acceptors (Lipinski definition) is 6. The van der Waals surface area contributed by atoms with E-state index in [9.17, 15) is 4.79 Å². The summed E-state index contributed by atoms with van der Waals surface area (Å²) in [6.45, 7) is 0. The number of nitrogens with one attached hydrogen (secondary N) is 1. The van der Waals surface area contributed by atoms with Crippen LogP contribution >= 0.6 is 35.1 Å². The Morgan fingerprint density at radius 2 is 1.77 bits per heavy atom. The van der Waals surface area contributed by atoms with Gasteiger partial charge in [0.05, 0.1) is 0 Å². The fourth-order valence-electron chi connectivity index (χ4n) is 2.10. The molecule has 0 spiro atoms. The Hall–Kier alpha value is -1.96. The third-order valence-corrected chi connectivity index (χ3v) is 5.43. The molecule has 0 bridgehead atoms. The van der Waals surface area contributed by atoms with E-state index in [1.807, 2.05) is 54.8 Å². The van der Waals surface area contributed by atoms with Crippen molar-refractivity contribution in [2.24, 2.45) is 0 Å². The van der Waals surface area contributed by atoms with E-state index < -0.39 is 0 Å². The van der Waals surface area contributed by atoms with Gasteiger partial charge in [-0.3, -0.25) is 10.1 Å². The van der Waals surface area contributed by atoms with E-state index in [-0.39, 0.29) is 11.9 Å². The van der Waals surface area contributed by atoms with E-state index >= 15 is 0 Å². The summed E-state index contributed by atoms with van der Waals surface area (Å²) in [4.78, 5) is 14.2. The predicted molar refractivity (Wildman–Crippen MR) is 107 cm³/mol. The van der Waals surface area contributed by atoms with Crippen molar-refractivity contribution in [3.8, 4) is 11.5 Å². The van der Waals surface area contributed by atoms with Gasteiger partial charge in [0.2, 0.25) is 11.8 Å². The van der Waals surface area contributed by atoms with Gasteiger partial charge in [-0.2, -0.15) is 0 Å². The van der Waals surface area contributed by atoms with Gasteiger partial charge in [-0.05, 0) is 54.8 Å². The zero-order valence-corrected chi connectivity index (χ0v) is 16.3. The number of carbonyl (C=O) groups excluding carboxylic acids is 1. The normalized spacial score (nSPS) is 10.7. The molecule has 8 heteroatoms. The first-order chi connectivity index (χ1) is 12.6. The average Bonchev–Trinajstić information content (AvgIpc) is 3.12. The Balaban J connectivity index is 1.50. The molecule has 0 unspecified atom stereocenters. The number of rotatable bonds is 7. The third-order valence-electron chi connectivity index (χ3n) is 3.42. The van der Waals surface area contributed by atoms with Crippen molar-refractivity contribution in [1.29, 1.82) is 0 Å². The molecule has 26 heavy (non-hydrogen) atoms. The second-order valence-corrected chi connectivity index (χ2v) is 7.73. The van der Waals surface area contributed by atoms with Crippen LogP contribution < -0.4 is 5.32 Å². The molecule has 1 heterocycles. The van der Waals surface area contributed by atoms with Crippen LogP contribution in [0.5, 0.6) is 0 Å². The van der Waals surface area contributed by atoms with E-state index in [1.165, 1.54) is 0 Å². The zero-order valence-electron chi connectivity index (χ0n) is 13.9. The summed E-state index contributed by atoms with van der Waals surface area (Å²) < 4.78 is 5.51. The Labute approximate surface area is 164 Å². The van der Waals surface area contributed by atoms with Gasteiger partial charge in [0.1, 0.15) is 0 Å². The monoisotopic (exact) mass is 405 g/mol. The predicted octanol–water partition coefficient (Wildman–Crippen LogP) is 5.23. The van der Waals surface area contributed by atoms with E-state index in [2.05, 4.69) is 15.5 Å². The second kappa shape index (κ2) is 9.12. The molecule has 0 aliphatic heterocycles. The van der Waals surface area contributed by atoms with Gasteiger partial charge in [0.15, 0.2) is 0 Å². The topological polar surface area (TPSA) is 68.0 Å². The van der Waals surface area contributed by atoms with Crippen LogP contribution in [0.1, 0.15) is 6.42 Å². The minimum Gasteiger partial charge on any atom is -0.403 e. The molecule has 0 radical (unpaired) electrons. The van der Waals surface area contributed by atoms with E-state index in [0.717, 1.165) is 15.4 Å². The van der Waals surface area contributed by atoms with Gasteiger partial charge >= 0.3 is 6.01 Å². The highest BCUT2D eigenvalue weighted by Crippen LogP contribution is 2.24. The van der Waals surface area contributed by atoms with Crippen LogP contribution in [0.2, 0.25) is 5.02 Å². The lowest BCUT2D eigenvalue weighted by Gasteiger charge is -2.02. The molecular weight excluding hydrogens is 390 g/mol. The smallest absolute Gasteiger partial charge is 0.322 e. The summed E-state index contributed by atoms with van der Waals surface area (Å²) in [5.41, 5.74) is 0.814. The lowest BCUT2D eigenvalue weighted by molar-refractivity contribution is -0.115. The molecule has 1 aromatic heterocycles. The molecule has 0 fully saturated rings. The van der Waals surface area contributed by atoms with Crippen LogP contribution in [0.3, 0.4) is 0 Å². The van der Waals surface area contributed by atoms with E-state index in [4.69, 9.17) is 16.0 Å². The number of nitrogens with zero attached hydrogens (tertiary/aromatic N) is 2. The summed E-state index contributed by atoms with van der Waals surface area (Å²) >= 11 is 9.10. The van der Waals surface area contributed by atoms with Crippen LogP contribution in [-0.2, 0) is 4.79 Å². The highest BCUT2D eigenvalue weighted by molar-refractivity contribution is 7.99. The van der Waals surface area contributed by atoms with Gasteiger partial charge in [-0.1, -0.05) is 16.7 Å². The largest absolute Gasteiger partial charge is 0.403 e. The molecule has 1 amide bonds. The van der Waals surface area contributed by atoms with Crippen LogP contribution in [0.15, 0.2) is 62.7 Å². The SMILES string of the molecule is CSc1ccc(-c2nnc(NC(=O)CCSc3ccc(Cl)cc3)o2)cc1. The van der Waals surface area contributed by atoms with Crippen molar-refractivity contribution in [3.63, 3.8) is 0 Å². The summed E-state index contributed by atoms with van der Waals surface area (Å²) in [5.74, 6) is 0.854. The van der Waals surface area contributed by atoms with Crippen molar-refractivity contribution in [2.75, 3.05) is 17.3 Å². The fourth-order valence-corrected chi connectivity index (χ4v) is 3.48. The minimum atomic E-state index is -0.167. The molecular formula is C18H16ClN3O2S2. The van der Waals surface area contributed by atoms with Gasteiger partial charge in [-0.15, -0.1) is 28.6 Å². The first kappa shape index (κ1) is 18.8. The molecule has 5 nitrogen and oxygen atoms in total. The molecule has 0 saturated carbocycles. The first-order valence-corrected chi connectivity index (χ1v) is 10.4. The van der Waals surface area contributed by atoms with Crippen molar-refractivity contribution in [3.05, 3.63) is 53.6 Å². The number of aromatic nitrogens is 2. The molecule has 3 aromatic rings. The Kier molecular flexibility index (Phi) is 6.60.